The van der Waals surface area contributed by atoms with Crippen LogP contribution in [0, 0.1) is 6.92 Å². The number of rotatable bonds is 7. The zero-order chi connectivity index (χ0) is 20.3. The van der Waals surface area contributed by atoms with Crippen LogP contribution in [0.1, 0.15) is 24.6 Å². The van der Waals surface area contributed by atoms with Crippen LogP contribution in [0.15, 0.2) is 36.7 Å². The molecule has 0 unspecified atom stereocenters. The Kier molecular flexibility index (Phi) is 5.61. The molecule has 10 heteroatoms. The topological polar surface area (TPSA) is 109 Å². The Morgan fingerprint density at radius 1 is 1.29 bits per heavy atom. The quantitative estimate of drug-likeness (QED) is 0.569. The van der Waals surface area contributed by atoms with Crippen molar-refractivity contribution in [3.63, 3.8) is 0 Å². The van der Waals surface area contributed by atoms with Gasteiger partial charge in [0, 0.05) is 17.4 Å². The molecular weight excluding hydrogens is 370 g/mol. The molecule has 28 heavy (non-hydrogen) atoms. The van der Waals surface area contributed by atoms with E-state index in [4.69, 9.17) is 5.11 Å². The van der Waals surface area contributed by atoms with Gasteiger partial charge in [-0.05, 0) is 43.7 Å². The Labute approximate surface area is 159 Å². The lowest BCUT2D eigenvalue weighted by molar-refractivity contribution is -0.0149. The van der Waals surface area contributed by atoms with Gasteiger partial charge in [0.25, 0.3) is 6.43 Å². The maximum Gasteiger partial charge on any atom is 0.280 e. The van der Waals surface area contributed by atoms with Gasteiger partial charge in [-0.3, -0.25) is 0 Å². The predicted octanol–water partition coefficient (Wildman–Crippen LogP) is 2.47. The van der Waals surface area contributed by atoms with E-state index < -0.39 is 18.6 Å². The molecule has 0 saturated heterocycles. The van der Waals surface area contributed by atoms with Crippen molar-refractivity contribution in [3.8, 4) is 11.3 Å². The molecule has 0 fully saturated rings. The minimum Gasteiger partial charge on any atom is -0.393 e. The number of nitrogens with one attached hydrogen (secondary N) is 1. The summed E-state index contributed by atoms with van der Waals surface area (Å²) in [5.41, 5.74) is 1.15. The van der Waals surface area contributed by atoms with E-state index in [9.17, 15) is 13.9 Å². The lowest BCUT2D eigenvalue weighted by Crippen LogP contribution is -2.34. The second kappa shape index (κ2) is 7.95. The maximum atomic E-state index is 12.8. The van der Waals surface area contributed by atoms with Crippen molar-refractivity contribution in [1.29, 1.82) is 0 Å². The van der Waals surface area contributed by atoms with E-state index in [-0.39, 0.29) is 18.2 Å². The predicted molar refractivity (Wildman–Crippen MR) is 98.2 cm³/mol. The third-order valence-corrected chi connectivity index (χ3v) is 3.91. The molecule has 0 radical (unpaired) electrons. The Hall–Kier alpha value is -2.98. The molecule has 0 spiro atoms. The molecule has 0 saturated carbocycles. The first-order chi connectivity index (χ1) is 13.3. The van der Waals surface area contributed by atoms with Gasteiger partial charge in [0.05, 0.1) is 19.3 Å². The molecule has 3 N–H and O–H groups in total. The standard InChI is InChI=1S/C18H20F2N6O2/c1-11-5-12(15-8-26(25-24-15)9-18(2,28)10-27)7-13(6-11)22-17-21-4-3-14(23-17)16(19)20/h3-8,16,27-28H,9-10H2,1-2H3,(H,21,22,23)/t18-/m1/s1. The van der Waals surface area contributed by atoms with Crippen LogP contribution in [0.2, 0.25) is 0 Å². The van der Waals surface area contributed by atoms with E-state index in [1.807, 2.05) is 19.1 Å². The average Bonchev–Trinajstić information content (AvgIpc) is 3.09. The molecule has 0 aliphatic heterocycles. The SMILES string of the molecule is Cc1cc(Nc2nccc(C(F)F)n2)cc(-c2cn(C[C@@](C)(O)CO)nn2)c1. The number of aliphatic hydroxyl groups excluding tert-OH is 1. The smallest absolute Gasteiger partial charge is 0.280 e. The molecule has 1 aromatic carbocycles. The molecule has 2 heterocycles. The highest BCUT2D eigenvalue weighted by atomic mass is 19.3. The molecule has 148 valence electrons. The second-order valence-corrected chi connectivity index (χ2v) is 6.77. The number of nitrogens with zero attached hydrogens (tertiary/aromatic N) is 5. The van der Waals surface area contributed by atoms with Crippen LogP contribution in [0.5, 0.6) is 0 Å². The number of halogens is 2. The van der Waals surface area contributed by atoms with Crippen molar-refractivity contribution in [2.75, 3.05) is 11.9 Å². The van der Waals surface area contributed by atoms with E-state index >= 15 is 0 Å². The number of hydrogen-bond acceptors (Lipinski definition) is 7. The Balaban J connectivity index is 1.84. The van der Waals surface area contributed by atoms with Crippen LogP contribution in [-0.4, -0.2) is 47.4 Å². The van der Waals surface area contributed by atoms with E-state index in [1.54, 1.807) is 12.3 Å². The Bertz CT molecular complexity index is 961. The van der Waals surface area contributed by atoms with Crippen LogP contribution in [0.25, 0.3) is 11.3 Å². The zero-order valence-electron chi connectivity index (χ0n) is 15.3. The number of aliphatic hydroxyl groups is 2. The number of hydrogen-bond donors (Lipinski definition) is 3. The molecule has 0 amide bonds. The largest absolute Gasteiger partial charge is 0.393 e. The Morgan fingerprint density at radius 2 is 2.07 bits per heavy atom. The fourth-order valence-corrected chi connectivity index (χ4v) is 2.59. The fraction of sp³-hybridized carbons (Fsp3) is 0.333. The molecular formula is C18H20F2N6O2. The van der Waals surface area contributed by atoms with Crippen molar-refractivity contribution in [1.82, 2.24) is 25.0 Å². The summed E-state index contributed by atoms with van der Waals surface area (Å²) in [4.78, 5) is 7.76. The van der Waals surface area contributed by atoms with Crippen molar-refractivity contribution in [2.45, 2.75) is 32.4 Å². The molecule has 8 nitrogen and oxygen atoms in total. The van der Waals surface area contributed by atoms with Crippen molar-refractivity contribution < 1.29 is 19.0 Å². The maximum absolute atomic E-state index is 12.8. The van der Waals surface area contributed by atoms with Crippen LogP contribution in [0.3, 0.4) is 0 Å². The summed E-state index contributed by atoms with van der Waals surface area (Å²) in [6, 6.07) is 6.64. The van der Waals surface area contributed by atoms with E-state index in [0.717, 1.165) is 17.2 Å². The first kappa shape index (κ1) is 19.8. The fourth-order valence-electron chi connectivity index (χ4n) is 2.59. The number of alkyl halides is 2. The molecule has 3 aromatic rings. The van der Waals surface area contributed by atoms with Crippen molar-refractivity contribution >= 4 is 11.6 Å². The van der Waals surface area contributed by atoms with E-state index in [2.05, 4.69) is 25.6 Å². The van der Waals surface area contributed by atoms with Crippen LogP contribution < -0.4 is 5.32 Å². The summed E-state index contributed by atoms with van der Waals surface area (Å²) < 4.78 is 27.1. The van der Waals surface area contributed by atoms with Gasteiger partial charge in [0.2, 0.25) is 5.95 Å². The Morgan fingerprint density at radius 3 is 2.79 bits per heavy atom. The van der Waals surface area contributed by atoms with Gasteiger partial charge in [-0.15, -0.1) is 5.10 Å². The molecule has 0 bridgehead atoms. The van der Waals surface area contributed by atoms with Gasteiger partial charge >= 0.3 is 0 Å². The first-order valence-corrected chi connectivity index (χ1v) is 8.49. The van der Waals surface area contributed by atoms with Gasteiger partial charge in [-0.2, -0.15) is 0 Å². The van der Waals surface area contributed by atoms with E-state index in [1.165, 1.54) is 17.8 Å². The normalized spacial score (nSPS) is 13.5. The highest BCUT2D eigenvalue weighted by Crippen LogP contribution is 2.25. The summed E-state index contributed by atoms with van der Waals surface area (Å²) in [7, 11) is 0. The highest BCUT2D eigenvalue weighted by Gasteiger charge is 2.21. The molecule has 0 aliphatic rings. The zero-order valence-corrected chi connectivity index (χ0v) is 15.3. The minimum absolute atomic E-state index is 0.0667. The van der Waals surface area contributed by atoms with Crippen molar-refractivity contribution in [2.24, 2.45) is 0 Å². The molecule has 2 aromatic heterocycles. The summed E-state index contributed by atoms with van der Waals surface area (Å²) >= 11 is 0. The molecule has 1 atom stereocenters. The van der Waals surface area contributed by atoms with Crippen molar-refractivity contribution in [3.05, 3.63) is 47.9 Å². The summed E-state index contributed by atoms with van der Waals surface area (Å²) in [6.07, 6.45) is 0.241. The number of aromatic nitrogens is 5. The van der Waals surface area contributed by atoms with Gasteiger partial charge in [-0.1, -0.05) is 5.21 Å². The number of anilines is 2. The second-order valence-electron chi connectivity index (χ2n) is 6.77. The number of aryl methyl sites for hydroxylation is 1. The monoisotopic (exact) mass is 390 g/mol. The van der Waals surface area contributed by atoms with Gasteiger partial charge in [0.15, 0.2) is 0 Å². The first-order valence-electron chi connectivity index (χ1n) is 8.49. The average molecular weight is 390 g/mol. The lowest BCUT2D eigenvalue weighted by atomic mass is 10.1. The third kappa shape index (κ3) is 4.84. The van der Waals surface area contributed by atoms with E-state index in [0.29, 0.717) is 11.4 Å². The van der Waals surface area contributed by atoms with Gasteiger partial charge in [0.1, 0.15) is 17.0 Å². The highest BCUT2D eigenvalue weighted by molar-refractivity contribution is 5.68. The lowest BCUT2D eigenvalue weighted by Gasteiger charge is -2.19. The van der Waals surface area contributed by atoms with Gasteiger partial charge in [-0.25, -0.2) is 23.4 Å². The summed E-state index contributed by atoms with van der Waals surface area (Å²) in [5.74, 6) is 0.0667. The molecule has 0 aliphatic carbocycles. The minimum atomic E-state index is -2.68. The molecule has 3 rings (SSSR count). The number of benzene rings is 1. The van der Waals surface area contributed by atoms with Gasteiger partial charge < -0.3 is 15.5 Å². The van der Waals surface area contributed by atoms with Crippen LogP contribution in [0.4, 0.5) is 20.4 Å². The van der Waals surface area contributed by atoms with Crippen LogP contribution >= 0.6 is 0 Å². The third-order valence-electron chi connectivity index (χ3n) is 3.91. The summed E-state index contributed by atoms with van der Waals surface area (Å²) in [5, 5.41) is 30.1. The summed E-state index contributed by atoms with van der Waals surface area (Å²) in [6.45, 7) is 3.06. The van der Waals surface area contributed by atoms with Crippen LogP contribution in [-0.2, 0) is 6.54 Å².